The molecule has 1 fully saturated rings. The van der Waals surface area contributed by atoms with Gasteiger partial charge in [-0.25, -0.2) is 4.79 Å². The monoisotopic (exact) mass is 400 g/mol. The van der Waals surface area contributed by atoms with Crippen molar-refractivity contribution in [3.8, 4) is 0 Å². The maximum Gasteiger partial charge on any atom is 0.410 e. The molecule has 1 aromatic rings. The highest BCUT2D eigenvalue weighted by atomic mass is 35.5. The van der Waals surface area contributed by atoms with Crippen molar-refractivity contribution >= 4 is 35.2 Å². The van der Waals surface area contributed by atoms with Crippen LogP contribution in [0.4, 0.5) is 4.79 Å². The molecule has 5 nitrogen and oxygen atoms in total. The minimum atomic E-state index is -0.514. The van der Waals surface area contributed by atoms with Gasteiger partial charge in [-0.15, -0.1) is 0 Å². The van der Waals surface area contributed by atoms with Gasteiger partial charge in [0.2, 0.25) is 5.91 Å². The molecule has 7 heteroatoms. The van der Waals surface area contributed by atoms with E-state index in [9.17, 15) is 9.59 Å². The predicted molar refractivity (Wildman–Crippen MR) is 103 cm³/mol. The first-order valence-electron chi connectivity index (χ1n) is 8.74. The van der Waals surface area contributed by atoms with Crippen LogP contribution in [-0.4, -0.2) is 47.5 Å². The second-order valence-electron chi connectivity index (χ2n) is 7.65. The smallest absolute Gasteiger partial charge is 0.410 e. The zero-order valence-corrected chi connectivity index (χ0v) is 17.2. The highest BCUT2D eigenvalue weighted by Crippen LogP contribution is 2.27. The molecule has 0 aromatic heterocycles. The molecule has 2 rings (SSSR count). The number of carbonyl (C=O) groups is 2. The van der Waals surface area contributed by atoms with Gasteiger partial charge in [0.1, 0.15) is 5.60 Å². The molecule has 0 bridgehead atoms. The summed E-state index contributed by atoms with van der Waals surface area (Å²) in [4.78, 5) is 28.2. The van der Waals surface area contributed by atoms with Crippen LogP contribution in [0.3, 0.4) is 0 Å². The molecule has 0 saturated carbocycles. The molecule has 0 spiro atoms. The van der Waals surface area contributed by atoms with Crippen LogP contribution in [0.2, 0.25) is 10.0 Å². The lowest BCUT2D eigenvalue weighted by atomic mass is 9.95. The number of amides is 2. The first kappa shape index (κ1) is 20.8. The molecule has 0 radical (unpaired) electrons. The Morgan fingerprint density at radius 3 is 2.42 bits per heavy atom. The number of benzene rings is 1. The van der Waals surface area contributed by atoms with E-state index in [-0.39, 0.29) is 17.9 Å². The summed E-state index contributed by atoms with van der Waals surface area (Å²) in [5.74, 6) is -0.0403. The summed E-state index contributed by atoms with van der Waals surface area (Å²) in [6.07, 6.45) is 0.944. The molecule has 1 saturated heterocycles. The van der Waals surface area contributed by atoms with Crippen LogP contribution in [0, 0.1) is 5.92 Å². The molecular formula is C19H26Cl2N2O3. The van der Waals surface area contributed by atoms with Gasteiger partial charge in [0, 0.05) is 32.6 Å². The largest absolute Gasteiger partial charge is 0.444 e. The van der Waals surface area contributed by atoms with Crippen molar-refractivity contribution in [1.29, 1.82) is 0 Å². The molecule has 26 heavy (non-hydrogen) atoms. The maximum atomic E-state index is 12.7. The van der Waals surface area contributed by atoms with Crippen LogP contribution in [0.1, 0.15) is 39.2 Å². The highest BCUT2D eigenvalue weighted by molar-refractivity contribution is 6.42. The Morgan fingerprint density at radius 2 is 1.85 bits per heavy atom. The lowest BCUT2D eigenvalue weighted by Crippen LogP contribution is -2.45. The van der Waals surface area contributed by atoms with E-state index in [2.05, 4.69) is 0 Å². The summed E-state index contributed by atoms with van der Waals surface area (Å²) >= 11 is 12.2. The van der Waals surface area contributed by atoms with E-state index in [1.54, 1.807) is 22.9 Å². The Bertz CT molecular complexity index is 665. The van der Waals surface area contributed by atoms with Crippen LogP contribution in [0.5, 0.6) is 0 Å². The van der Waals surface area contributed by atoms with Crippen LogP contribution in [0.15, 0.2) is 18.2 Å². The van der Waals surface area contributed by atoms with Gasteiger partial charge in [0.15, 0.2) is 0 Å². The number of piperidine rings is 1. The number of halogens is 2. The van der Waals surface area contributed by atoms with Gasteiger partial charge in [0.05, 0.1) is 10.0 Å². The van der Waals surface area contributed by atoms with Gasteiger partial charge in [-0.05, 0) is 45.2 Å². The third-order valence-electron chi connectivity index (χ3n) is 4.31. The van der Waals surface area contributed by atoms with E-state index in [0.717, 1.165) is 5.56 Å². The Morgan fingerprint density at radius 1 is 1.23 bits per heavy atom. The highest BCUT2D eigenvalue weighted by Gasteiger charge is 2.31. The molecule has 0 N–H and O–H groups in total. The van der Waals surface area contributed by atoms with E-state index < -0.39 is 5.60 Å². The third kappa shape index (κ3) is 5.52. The first-order chi connectivity index (χ1) is 12.1. The molecule has 0 atom stereocenters. The minimum absolute atomic E-state index is 0.0601. The van der Waals surface area contributed by atoms with Crippen LogP contribution >= 0.6 is 23.2 Å². The summed E-state index contributed by atoms with van der Waals surface area (Å²) in [7, 11) is 1.76. The summed E-state index contributed by atoms with van der Waals surface area (Å²) < 4.78 is 5.39. The number of ether oxygens (including phenoxy) is 1. The second-order valence-corrected chi connectivity index (χ2v) is 8.43. The number of hydrogen-bond acceptors (Lipinski definition) is 3. The van der Waals surface area contributed by atoms with Gasteiger partial charge in [0.25, 0.3) is 0 Å². The Hall–Kier alpha value is -1.46. The number of likely N-dealkylation sites (tertiary alicyclic amines) is 1. The molecule has 1 heterocycles. The Balaban J connectivity index is 1.89. The summed E-state index contributed by atoms with van der Waals surface area (Å²) in [6, 6.07) is 5.41. The standard InChI is InChI=1S/C19H26Cl2N2O3/c1-19(2,3)26-18(25)23-10-8-13(9-11-23)17(24)22(4)12-14-6-5-7-15(20)16(14)21/h5-7,13H,8-12H2,1-4H3. The fraction of sp³-hybridized carbons (Fsp3) is 0.579. The predicted octanol–water partition coefficient (Wildman–Crippen LogP) is 4.60. The van der Waals surface area contributed by atoms with Gasteiger partial charge in [-0.1, -0.05) is 35.3 Å². The SMILES string of the molecule is CN(Cc1cccc(Cl)c1Cl)C(=O)C1CCN(C(=O)OC(C)(C)C)CC1. The Kier molecular flexibility index (Phi) is 6.80. The average Bonchev–Trinajstić information content (AvgIpc) is 2.57. The fourth-order valence-electron chi connectivity index (χ4n) is 2.95. The van der Waals surface area contributed by atoms with Crippen molar-refractivity contribution < 1.29 is 14.3 Å². The van der Waals surface area contributed by atoms with Crippen molar-refractivity contribution in [1.82, 2.24) is 9.80 Å². The zero-order valence-electron chi connectivity index (χ0n) is 15.7. The molecule has 0 unspecified atom stereocenters. The number of hydrogen-bond donors (Lipinski definition) is 0. The van der Waals surface area contributed by atoms with Crippen molar-refractivity contribution in [3.63, 3.8) is 0 Å². The van der Waals surface area contributed by atoms with Crippen LogP contribution in [-0.2, 0) is 16.1 Å². The van der Waals surface area contributed by atoms with Gasteiger partial charge in [-0.3, -0.25) is 4.79 Å². The van der Waals surface area contributed by atoms with Gasteiger partial charge < -0.3 is 14.5 Å². The normalized spacial score (nSPS) is 15.7. The number of rotatable bonds is 3. The summed E-state index contributed by atoms with van der Waals surface area (Å²) in [5, 5.41) is 0.962. The van der Waals surface area contributed by atoms with Crippen molar-refractivity contribution in [2.24, 2.45) is 5.92 Å². The summed E-state index contributed by atoms with van der Waals surface area (Å²) in [5.41, 5.74) is 0.307. The van der Waals surface area contributed by atoms with Crippen molar-refractivity contribution in [2.75, 3.05) is 20.1 Å². The van der Waals surface area contributed by atoms with E-state index in [1.165, 1.54) is 0 Å². The molecular weight excluding hydrogens is 375 g/mol. The first-order valence-corrected chi connectivity index (χ1v) is 9.50. The lowest BCUT2D eigenvalue weighted by Gasteiger charge is -2.34. The Labute approximate surface area is 165 Å². The molecule has 0 aliphatic carbocycles. The maximum absolute atomic E-state index is 12.7. The fourth-order valence-corrected chi connectivity index (χ4v) is 3.33. The van der Waals surface area contributed by atoms with E-state index >= 15 is 0 Å². The average molecular weight is 401 g/mol. The van der Waals surface area contributed by atoms with Crippen molar-refractivity contribution in [3.05, 3.63) is 33.8 Å². The van der Waals surface area contributed by atoms with Crippen molar-refractivity contribution in [2.45, 2.75) is 45.8 Å². The number of carbonyl (C=O) groups excluding carboxylic acids is 2. The molecule has 1 aliphatic rings. The minimum Gasteiger partial charge on any atom is -0.444 e. The lowest BCUT2D eigenvalue weighted by molar-refractivity contribution is -0.136. The molecule has 1 aliphatic heterocycles. The van der Waals surface area contributed by atoms with Gasteiger partial charge >= 0.3 is 6.09 Å². The van der Waals surface area contributed by atoms with E-state index in [0.29, 0.717) is 42.5 Å². The molecule has 1 aromatic carbocycles. The topological polar surface area (TPSA) is 49.9 Å². The molecule has 144 valence electrons. The van der Waals surface area contributed by atoms with Gasteiger partial charge in [-0.2, -0.15) is 0 Å². The summed E-state index contributed by atoms with van der Waals surface area (Å²) in [6.45, 7) is 6.99. The van der Waals surface area contributed by atoms with E-state index in [1.807, 2.05) is 32.9 Å². The zero-order chi connectivity index (χ0) is 19.5. The van der Waals surface area contributed by atoms with Crippen LogP contribution in [0.25, 0.3) is 0 Å². The second kappa shape index (κ2) is 8.49. The number of nitrogens with zero attached hydrogens (tertiary/aromatic N) is 2. The molecule has 2 amide bonds. The third-order valence-corrected chi connectivity index (χ3v) is 5.17. The van der Waals surface area contributed by atoms with E-state index in [4.69, 9.17) is 27.9 Å². The van der Waals surface area contributed by atoms with Crippen LogP contribution < -0.4 is 0 Å². The quantitative estimate of drug-likeness (QED) is 0.744.